The zero-order valence-electron chi connectivity index (χ0n) is 9.70. The Kier molecular flexibility index (Phi) is 3.45. The average molecular weight is 242 g/mol. The Bertz CT molecular complexity index is 370. The quantitative estimate of drug-likeness (QED) is 0.882. The van der Waals surface area contributed by atoms with Gasteiger partial charge in [-0.25, -0.2) is 8.78 Å². The zero-order valence-corrected chi connectivity index (χ0v) is 9.70. The summed E-state index contributed by atoms with van der Waals surface area (Å²) in [4.78, 5) is 0. The van der Waals surface area contributed by atoms with Crippen molar-refractivity contribution in [1.29, 1.82) is 0 Å². The second-order valence-electron chi connectivity index (χ2n) is 4.52. The van der Waals surface area contributed by atoms with E-state index < -0.39 is 5.92 Å². The summed E-state index contributed by atoms with van der Waals surface area (Å²) in [5.74, 6) is -2.80. The molecule has 2 unspecified atom stereocenters. The molecule has 2 atom stereocenters. The van der Waals surface area contributed by atoms with Gasteiger partial charge in [-0.3, -0.25) is 0 Å². The minimum Gasteiger partial charge on any atom is -0.394 e. The average Bonchev–Trinajstić information content (AvgIpc) is 2.76. The van der Waals surface area contributed by atoms with Crippen molar-refractivity contribution in [3.05, 3.63) is 35.4 Å². The summed E-state index contributed by atoms with van der Waals surface area (Å²) in [6.07, 6.45) is 1.44. The van der Waals surface area contributed by atoms with E-state index >= 15 is 0 Å². The lowest BCUT2D eigenvalue weighted by Crippen LogP contribution is -2.11. The predicted molar refractivity (Wildman–Crippen MR) is 59.9 cm³/mol. The second-order valence-corrected chi connectivity index (χ2v) is 4.52. The molecule has 4 heteroatoms. The molecule has 1 N–H and O–H groups in total. The van der Waals surface area contributed by atoms with Crippen molar-refractivity contribution in [2.75, 3.05) is 6.61 Å². The number of halogens is 2. The van der Waals surface area contributed by atoms with Crippen LogP contribution in [0.5, 0.6) is 0 Å². The van der Waals surface area contributed by atoms with Gasteiger partial charge < -0.3 is 9.84 Å². The van der Waals surface area contributed by atoms with E-state index in [2.05, 4.69) is 0 Å². The molecule has 0 spiro atoms. The lowest BCUT2D eigenvalue weighted by Gasteiger charge is -2.15. The normalized spacial score (nSPS) is 25.2. The highest BCUT2D eigenvalue weighted by Gasteiger charge is 2.27. The summed E-state index contributed by atoms with van der Waals surface area (Å²) < 4.78 is 31.6. The van der Waals surface area contributed by atoms with Gasteiger partial charge in [0.25, 0.3) is 5.92 Å². The van der Waals surface area contributed by atoms with Crippen molar-refractivity contribution < 1.29 is 18.6 Å². The molecule has 1 heterocycles. The van der Waals surface area contributed by atoms with E-state index in [1.165, 1.54) is 12.1 Å². The minimum absolute atomic E-state index is 0.0120. The van der Waals surface area contributed by atoms with Gasteiger partial charge in [0.15, 0.2) is 0 Å². The van der Waals surface area contributed by atoms with Crippen LogP contribution in [-0.4, -0.2) is 17.8 Å². The fourth-order valence-electron chi connectivity index (χ4n) is 2.08. The Hall–Kier alpha value is -1.00. The monoisotopic (exact) mass is 242 g/mol. The van der Waals surface area contributed by atoms with Crippen molar-refractivity contribution in [2.24, 2.45) is 0 Å². The summed E-state index contributed by atoms with van der Waals surface area (Å²) in [5.41, 5.74) is 0.909. The van der Waals surface area contributed by atoms with Gasteiger partial charge >= 0.3 is 0 Å². The molecule has 1 saturated heterocycles. The molecule has 1 aliphatic rings. The maximum atomic E-state index is 13.0. The number of aliphatic hydroxyl groups excluding tert-OH is 1. The van der Waals surface area contributed by atoms with Crippen molar-refractivity contribution in [3.63, 3.8) is 0 Å². The van der Waals surface area contributed by atoms with Crippen molar-refractivity contribution in [3.8, 4) is 0 Å². The van der Waals surface area contributed by atoms with Crippen LogP contribution in [0, 0.1) is 0 Å². The maximum absolute atomic E-state index is 13.0. The Labute approximate surface area is 99.2 Å². The van der Waals surface area contributed by atoms with Gasteiger partial charge in [-0.1, -0.05) is 24.3 Å². The third-order valence-corrected chi connectivity index (χ3v) is 3.10. The third kappa shape index (κ3) is 2.82. The molecule has 2 nitrogen and oxygen atoms in total. The summed E-state index contributed by atoms with van der Waals surface area (Å²) in [7, 11) is 0. The van der Waals surface area contributed by atoms with Gasteiger partial charge in [-0.05, 0) is 18.4 Å². The molecule has 94 valence electrons. The Morgan fingerprint density at radius 1 is 1.29 bits per heavy atom. The first-order chi connectivity index (χ1) is 8.00. The predicted octanol–water partition coefficient (Wildman–Crippen LogP) is 3.01. The van der Waals surface area contributed by atoms with Crippen LogP contribution in [0.1, 0.15) is 37.0 Å². The highest BCUT2D eigenvalue weighted by molar-refractivity contribution is 5.27. The first-order valence-electron chi connectivity index (χ1n) is 5.75. The van der Waals surface area contributed by atoms with E-state index in [-0.39, 0.29) is 24.4 Å². The number of hydrogen-bond acceptors (Lipinski definition) is 2. The van der Waals surface area contributed by atoms with Gasteiger partial charge in [0.2, 0.25) is 0 Å². The molecule has 0 aromatic heterocycles. The van der Waals surface area contributed by atoms with Crippen LogP contribution in [0.15, 0.2) is 24.3 Å². The molecule has 0 saturated carbocycles. The largest absolute Gasteiger partial charge is 0.394 e. The van der Waals surface area contributed by atoms with E-state index in [1.807, 2.05) is 0 Å². The van der Waals surface area contributed by atoms with Crippen molar-refractivity contribution >= 4 is 0 Å². The summed E-state index contributed by atoms with van der Waals surface area (Å²) >= 11 is 0. The minimum atomic E-state index is -2.80. The van der Waals surface area contributed by atoms with E-state index in [0.717, 1.165) is 25.3 Å². The van der Waals surface area contributed by atoms with Crippen LogP contribution in [0.25, 0.3) is 0 Å². The molecule has 1 fully saturated rings. The summed E-state index contributed by atoms with van der Waals surface area (Å²) in [6, 6.07) is 6.23. The first-order valence-corrected chi connectivity index (χ1v) is 5.75. The molecular formula is C13H16F2O2. The van der Waals surface area contributed by atoms with Crippen LogP contribution in [0.4, 0.5) is 8.78 Å². The molecule has 17 heavy (non-hydrogen) atoms. The van der Waals surface area contributed by atoms with Gasteiger partial charge in [0.1, 0.15) is 0 Å². The molecule has 1 aliphatic heterocycles. The van der Waals surface area contributed by atoms with E-state index in [0.29, 0.717) is 0 Å². The van der Waals surface area contributed by atoms with E-state index in [1.54, 1.807) is 12.1 Å². The maximum Gasteiger partial charge on any atom is 0.270 e. The molecule has 1 aromatic carbocycles. The fraction of sp³-hybridized carbons (Fsp3) is 0.538. The van der Waals surface area contributed by atoms with Gasteiger partial charge in [0, 0.05) is 12.5 Å². The third-order valence-electron chi connectivity index (χ3n) is 3.10. The highest BCUT2D eigenvalue weighted by atomic mass is 19.3. The summed E-state index contributed by atoms with van der Waals surface area (Å²) in [6.45, 7) is 0.900. The van der Waals surface area contributed by atoms with Crippen molar-refractivity contribution in [1.82, 2.24) is 0 Å². The SMILES string of the molecule is CC(F)(F)c1ccc(C2CCC(CO)O2)cc1. The molecule has 1 aromatic rings. The van der Waals surface area contributed by atoms with Crippen LogP contribution in [-0.2, 0) is 10.7 Å². The number of benzene rings is 1. The lowest BCUT2D eigenvalue weighted by atomic mass is 10.0. The molecule has 0 radical (unpaired) electrons. The van der Waals surface area contributed by atoms with Gasteiger partial charge in [0.05, 0.1) is 18.8 Å². The fourth-order valence-corrected chi connectivity index (χ4v) is 2.08. The lowest BCUT2D eigenvalue weighted by molar-refractivity contribution is 0.0102. The summed E-state index contributed by atoms with van der Waals surface area (Å²) in [5, 5.41) is 8.96. The Morgan fingerprint density at radius 3 is 2.41 bits per heavy atom. The Morgan fingerprint density at radius 2 is 1.94 bits per heavy atom. The molecule has 0 aliphatic carbocycles. The smallest absolute Gasteiger partial charge is 0.270 e. The molecule has 0 bridgehead atoms. The van der Waals surface area contributed by atoms with E-state index in [9.17, 15) is 8.78 Å². The number of aliphatic hydroxyl groups is 1. The zero-order chi connectivity index (χ0) is 12.5. The molecule has 0 amide bonds. The van der Waals surface area contributed by atoms with Gasteiger partial charge in [-0.15, -0.1) is 0 Å². The number of alkyl halides is 2. The van der Waals surface area contributed by atoms with Crippen LogP contribution in [0.2, 0.25) is 0 Å². The van der Waals surface area contributed by atoms with Gasteiger partial charge in [-0.2, -0.15) is 0 Å². The molecule has 2 rings (SSSR count). The Balaban J connectivity index is 2.09. The number of rotatable bonds is 3. The highest BCUT2D eigenvalue weighted by Crippen LogP contribution is 2.34. The number of ether oxygens (including phenoxy) is 1. The topological polar surface area (TPSA) is 29.5 Å². The van der Waals surface area contributed by atoms with Crippen molar-refractivity contribution in [2.45, 2.75) is 37.9 Å². The number of hydrogen-bond donors (Lipinski definition) is 1. The second kappa shape index (κ2) is 4.70. The first kappa shape index (κ1) is 12.5. The van der Waals surface area contributed by atoms with Crippen LogP contribution >= 0.6 is 0 Å². The standard InChI is InChI=1S/C13H16F2O2/c1-13(14,15)10-4-2-9(3-5-10)12-7-6-11(8-16)17-12/h2-5,11-12,16H,6-8H2,1H3. The van der Waals surface area contributed by atoms with Crippen LogP contribution in [0.3, 0.4) is 0 Å². The van der Waals surface area contributed by atoms with E-state index in [4.69, 9.17) is 9.84 Å². The van der Waals surface area contributed by atoms with Crippen LogP contribution < -0.4 is 0 Å². The molecular weight excluding hydrogens is 226 g/mol.